The van der Waals surface area contributed by atoms with E-state index in [0.717, 1.165) is 0 Å². The van der Waals surface area contributed by atoms with Crippen molar-refractivity contribution in [3.05, 3.63) is 23.8 Å². The summed E-state index contributed by atoms with van der Waals surface area (Å²) in [4.78, 5) is 11.4. The second-order valence-electron chi connectivity index (χ2n) is 5.96. The summed E-state index contributed by atoms with van der Waals surface area (Å²) in [6, 6.07) is 4.66. The monoisotopic (exact) mass is 328 g/mol. The number of aliphatic carboxylic acids is 1. The van der Waals surface area contributed by atoms with Crippen molar-refractivity contribution in [2.24, 2.45) is 0 Å². The van der Waals surface area contributed by atoms with Crippen molar-refractivity contribution in [3.63, 3.8) is 0 Å². The maximum atomic E-state index is 12.5. The normalized spacial score (nSPS) is 21.9. The second-order valence-corrected chi connectivity index (χ2v) is 8.06. The van der Waals surface area contributed by atoms with Crippen LogP contribution < -0.4 is 4.74 Å². The Kier molecular flexibility index (Phi) is 4.49. The number of fused-ring (bicyclic) bond motifs is 1. The van der Waals surface area contributed by atoms with Gasteiger partial charge in [0.05, 0.1) is 11.5 Å². The Balaban J connectivity index is 2.46. The van der Waals surface area contributed by atoms with Crippen LogP contribution in [0.3, 0.4) is 0 Å². The number of carboxylic acid groups (broad SMARTS) is 1. The Morgan fingerprint density at radius 1 is 1.36 bits per heavy atom. The van der Waals surface area contributed by atoms with Gasteiger partial charge in [0.15, 0.2) is 15.1 Å². The zero-order valence-corrected chi connectivity index (χ0v) is 13.6. The van der Waals surface area contributed by atoms with E-state index in [2.05, 4.69) is 0 Å². The van der Waals surface area contributed by atoms with Gasteiger partial charge in [-0.25, -0.2) is 8.42 Å². The molecule has 0 aliphatic carbocycles. The molecule has 1 atom stereocenters. The highest BCUT2D eigenvalue weighted by Gasteiger charge is 2.46. The van der Waals surface area contributed by atoms with Crippen LogP contribution in [0.1, 0.15) is 25.8 Å². The molecular weight excluding hydrogens is 308 g/mol. The van der Waals surface area contributed by atoms with Crippen LogP contribution >= 0.6 is 0 Å². The lowest BCUT2D eigenvalue weighted by atomic mass is 9.80. The molecule has 0 saturated heterocycles. The molecule has 122 valence electrons. The van der Waals surface area contributed by atoms with Crippen LogP contribution in [0, 0.1) is 0 Å². The van der Waals surface area contributed by atoms with Gasteiger partial charge in [-0.15, -0.1) is 0 Å². The molecule has 1 aliphatic heterocycles. The van der Waals surface area contributed by atoms with E-state index in [-0.39, 0.29) is 11.3 Å². The third-order valence-corrected chi connectivity index (χ3v) is 5.98. The maximum absolute atomic E-state index is 12.5. The topological polar surface area (TPSA) is 89.9 Å². The number of hydrogen-bond donors (Lipinski definition) is 1. The molecular formula is C15H20O6S. The van der Waals surface area contributed by atoms with Crippen LogP contribution in [0.2, 0.25) is 0 Å². The fourth-order valence-corrected chi connectivity index (χ4v) is 4.78. The van der Waals surface area contributed by atoms with Crippen LogP contribution in [0.15, 0.2) is 23.1 Å². The lowest BCUT2D eigenvalue weighted by molar-refractivity contribution is -0.137. The van der Waals surface area contributed by atoms with Crippen molar-refractivity contribution < 1.29 is 27.8 Å². The van der Waals surface area contributed by atoms with Gasteiger partial charge in [0.1, 0.15) is 12.4 Å². The van der Waals surface area contributed by atoms with Crippen molar-refractivity contribution in [2.75, 3.05) is 20.3 Å². The maximum Gasteiger partial charge on any atom is 0.322 e. The van der Waals surface area contributed by atoms with E-state index in [4.69, 9.17) is 9.47 Å². The first-order valence-corrected chi connectivity index (χ1v) is 8.48. The molecule has 0 fully saturated rings. The summed E-state index contributed by atoms with van der Waals surface area (Å²) in [5.41, 5.74) is 0.0320. The fourth-order valence-electron chi connectivity index (χ4n) is 2.68. The van der Waals surface area contributed by atoms with E-state index in [9.17, 15) is 18.3 Å². The molecule has 0 aromatic heterocycles. The Hall–Kier alpha value is -1.60. The van der Waals surface area contributed by atoms with Gasteiger partial charge in [-0.1, -0.05) is 13.8 Å². The molecule has 1 N–H and O–H groups in total. The van der Waals surface area contributed by atoms with Crippen molar-refractivity contribution in [3.8, 4) is 5.75 Å². The average molecular weight is 328 g/mol. The highest BCUT2D eigenvalue weighted by atomic mass is 32.2. The minimum Gasteiger partial charge on any atom is -0.491 e. The van der Waals surface area contributed by atoms with Crippen LogP contribution in [-0.4, -0.2) is 45.1 Å². The Bertz CT molecular complexity index is 677. The SMILES string of the molecule is COCCOc1ccc2c(c1)C(C)(C)CC(C(=O)O)S2(=O)=O. The largest absolute Gasteiger partial charge is 0.491 e. The molecule has 1 aromatic carbocycles. The fraction of sp³-hybridized carbons (Fsp3) is 0.533. The molecule has 1 aromatic rings. The number of methoxy groups -OCH3 is 1. The van der Waals surface area contributed by atoms with Crippen LogP contribution in [0.25, 0.3) is 0 Å². The van der Waals surface area contributed by atoms with Gasteiger partial charge in [0, 0.05) is 7.11 Å². The van der Waals surface area contributed by atoms with Crippen molar-refractivity contribution in [1.29, 1.82) is 0 Å². The van der Waals surface area contributed by atoms with E-state index < -0.39 is 26.5 Å². The molecule has 22 heavy (non-hydrogen) atoms. The summed E-state index contributed by atoms with van der Waals surface area (Å²) in [6.45, 7) is 4.48. The quantitative estimate of drug-likeness (QED) is 0.826. The lowest BCUT2D eigenvalue weighted by Crippen LogP contribution is -2.42. The Morgan fingerprint density at radius 2 is 2.05 bits per heavy atom. The van der Waals surface area contributed by atoms with Crippen LogP contribution in [0.5, 0.6) is 5.75 Å². The number of hydrogen-bond acceptors (Lipinski definition) is 5. The smallest absolute Gasteiger partial charge is 0.322 e. The van der Waals surface area contributed by atoms with E-state index in [0.29, 0.717) is 24.5 Å². The van der Waals surface area contributed by atoms with Gasteiger partial charge in [-0.2, -0.15) is 0 Å². The molecule has 0 saturated carbocycles. The predicted octanol–water partition coefficient (Wildman–Crippen LogP) is 1.62. The Morgan fingerprint density at radius 3 is 2.64 bits per heavy atom. The summed E-state index contributed by atoms with van der Waals surface area (Å²) in [5.74, 6) is -0.757. The van der Waals surface area contributed by atoms with Gasteiger partial charge >= 0.3 is 5.97 Å². The van der Waals surface area contributed by atoms with E-state index >= 15 is 0 Å². The zero-order valence-electron chi connectivity index (χ0n) is 12.8. The number of sulfone groups is 1. The van der Waals surface area contributed by atoms with Gasteiger partial charge in [0.2, 0.25) is 0 Å². The minimum atomic E-state index is -3.87. The molecule has 0 bridgehead atoms. The summed E-state index contributed by atoms with van der Waals surface area (Å²) < 4.78 is 35.3. The summed E-state index contributed by atoms with van der Waals surface area (Å²) in [6.07, 6.45) is 0.0409. The molecule has 6 nitrogen and oxygen atoms in total. The van der Waals surface area contributed by atoms with Gasteiger partial charge in [0.25, 0.3) is 0 Å². The third-order valence-electron chi connectivity index (χ3n) is 3.89. The van der Waals surface area contributed by atoms with Gasteiger partial charge < -0.3 is 14.6 Å². The summed E-state index contributed by atoms with van der Waals surface area (Å²) >= 11 is 0. The number of benzene rings is 1. The van der Waals surface area contributed by atoms with Gasteiger partial charge in [-0.05, 0) is 35.6 Å². The van der Waals surface area contributed by atoms with Crippen molar-refractivity contribution in [1.82, 2.24) is 0 Å². The minimum absolute atomic E-state index is 0.0409. The first-order chi connectivity index (χ1) is 10.2. The van der Waals surface area contributed by atoms with E-state index in [1.807, 2.05) is 13.8 Å². The van der Waals surface area contributed by atoms with Crippen LogP contribution in [0.4, 0.5) is 0 Å². The number of carboxylic acids is 1. The molecule has 7 heteroatoms. The molecule has 0 spiro atoms. The van der Waals surface area contributed by atoms with E-state index in [1.54, 1.807) is 19.2 Å². The molecule has 2 rings (SSSR count). The van der Waals surface area contributed by atoms with Gasteiger partial charge in [-0.3, -0.25) is 4.79 Å². The van der Waals surface area contributed by atoms with Crippen LogP contribution in [-0.2, 0) is 24.8 Å². The number of carbonyl (C=O) groups is 1. The molecule has 1 unspecified atom stereocenters. The lowest BCUT2D eigenvalue weighted by Gasteiger charge is -2.35. The average Bonchev–Trinajstić information content (AvgIpc) is 2.43. The first-order valence-electron chi connectivity index (χ1n) is 6.93. The van der Waals surface area contributed by atoms with Crippen molar-refractivity contribution in [2.45, 2.75) is 35.8 Å². The molecule has 1 aliphatic rings. The summed E-state index contributed by atoms with van der Waals surface area (Å²) in [5, 5.41) is 7.80. The zero-order chi connectivity index (χ0) is 16.5. The second kappa shape index (κ2) is 5.89. The predicted molar refractivity (Wildman–Crippen MR) is 80.1 cm³/mol. The molecule has 0 radical (unpaired) electrons. The third kappa shape index (κ3) is 2.96. The molecule has 0 amide bonds. The first kappa shape index (κ1) is 16.8. The standard InChI is InChI=1S/C15H20O6S/c1-15(2)9-13(14(16)17)22(18,19)12-5-4-10(8-11(12)15)21-7-6-20-3/h4-5,8,13H,6-7,9H2,1-3H3,(H,16,17). The molecule has 1 heterocycles. The number of rotatable bonds is 5. The highest BCUT2D eigenvalue weighted by molar-refractivity contribution is 7.93. The summed E-state index contributed by atoms with van der Waals surface area (Å²) in [7, 11) is -2.31. The van der Waals surface area contributed by atoms with E-state index in [1.165, 1.54) is 6.07 Å². The highest BCUT2D eigenvalue weighted by Crippen LogP contribution is 2.43. The number of ether oxygens (including phenoxy) is 2. The van der Waals surface area contributed by atoms with Crippen molar-refractivity contribution >= 4 is 15.8 Å². The Labute approximate surface area is 130 Å².